The lowest BCUT2D eigenvalue weighted by molar-refractivity contribution is 0.670. The molecule has 0 saturated heterocycles. The third kappa shape index (κ3) is 5.95. The first-order valence-electron chi connectivity index (χ1n) is 22.9. The molecular formula is C64H39NOS. The van der Waals surface area contributed by atoms with E-state index >= 15 is 0 Å². The van der Waals surface area contributed by atoms with Gasteiger partial charge in [0.1, 0.15) is 5.58 Å². The minimum atomic E-state index is 0.845. The van der Waals surface area contributed by atoms with E-state index in [1.165, 1.54) is 80.1 Å². The molecule has 67 heavy (non-hydrogen) atoms. The standard InChI is InChI=1S/C64H39NOS/c1-2-14-40(15-3-1)41-28-33-45(34-29-41)65(46-35-30-42(31-36-46)48-23-12-25-56-54-22-10-11-27-60(54)67-64(48)56)59-26-13-24-55-58-38-43-16-4-5-17-47(43)61(63(58)66-62(55)59)44-32-37-53-51-20-7-6-18-49(51)50-19-8-9-21-52(50)57(53)39-44/h1-39H. The van der Waals surface area contributed by atoms with E-state index in [0.29, 0.717) is 0 Å². The van der Waals surface area contributed by atoms with Gasteiger partial charge in [0, 0.05) is 47.9 Å². The van der Waals surface area contributed by atoms with Crippen molar-refractivity contribution in [2.24, 2.45) is 0 Å². The third-order valence-electron chi connectivity index (χ3n) is 13.8. The first kappa shape index (κ1) is 37.8. The Balaban J connectivity index is 0.979. The number of furan rings is 1. The molecule has 14 rings (SSSR count). The number of hydrogen-bond acceptors (Lipinski definition) is 3. The van der Waals surface area contributed by atoms with Crippen LogP contribution in [0.15, 0.2) is 241 Å². The summed E-state index contributed by atoms with van der Waals surface area (Å²) in [5, 5.41) is 14.7. The quantitative estimate of drug-likeness (QED) is 0.155. The molecule has 2 heterocycles. The highest BCUT2D eigenvalue weighted by Crippen LogP contribution is 2.48. The Hall–Kier alpha value is -8.50. The summed E-state index contributed by atoms with van der Waals surface area (Å²) >= 11 is 1.87. The summed E-state index contributed by atoms with van der Waals surface area (Å²) in [6.45, 7) is 0. The van der Waals surface area contributed by atoms with Crippen LogP contribution >= 0.6 is 11.3 Å². The first-order chi connectivity index (χ1) is 33.2. The Morgan fingerprint density at radius 2 is 0.851 bits per heavy atom. The lowest BCUT2D eigenvalue weighted by Crippen LogP contribution is -2.10. The van der Waals surface area contributed by atoms with Crippen molar-refractivity contribution in [1.29, 1.82) is 0 Å². The van der Waals surface area contributed by atoms with Crippen molar-refractivity contribution in [1.82, 2.24) is 0 Å². The number of hydrogen-bond donors (Lipinski definition) is 0. The smallest absolute Gasteiger partial charge is 0.159 e. The molecule has 0 aliphatic carbocycles. The summed E-state index contributed by atoms with van der Waals surface area (Å²) in [6.07, 6.45) is 0. The highest BCUT2D eigenvalue weighted by Gasteiger charge is 2.23. The van der Waals surface area contributed by atoms with Crippen molar-refractivity contribution < 1.29 is 4.42 Å². The number of anilines is 3. The molecular weight excluding hydrogens is 831 g/mol. The van der Waals surface area contributed by atoms with Gasteiger partial charge in [0.05, 0.1) is 5.69 Å². The zero-order valence-electron chi connectivity index (χ0n) is 36.3. The fraction of sp³-hybridized carbons (Fsp3) is 0. The van der Waals surface area contributed by atoms with Gasteiger partial charge in [-0.15, -0.1) is 11.3 Å². The maximum atomic E-state index is 7.39. The van der Waals surface area contributed by atoms with Gasteiger partial charge in [0.15, 0.2) is 5.58 Å². The van der Waals surface area contributed by atoms with Gasteiger partial charge in [-0.05, 0) is 119 Å². The lowest BCUT2D eigenvalue weighted by Gasteiger charge is -2.26. The van der Waals surface area contributed by atoms with Crippen molar-refractivity contribution in [3.63, 3.8) is 0 Å². The largest absolute Gasteiger partial charge is 0.453 e. The van der Waals surface area contributed by atoms with Crippen LogP contribution in [-0.2, 0) is 0 Å². The molecule has 0 aliphatic rings. The predicted molar refractivity (Wildman–Crippen MR) is 288 cm³/mol. The summed E-state index contributed by atoms with van der Waals surface area (Å²) in [5.74, 6) is 0. The molecule has 0 unspecified atom stereocenters. The van der Waals surface area contributed by atoms with Crippen LogP contribution in [0.1, 0.15) is 0 Å². The fourth-order valence-electron chi connectivity index (χ4n) is 10.7. The van der Waals surface area contributed by atoms with Crippen molar-refractivity contribution >= 4 is 114 Å². The average molecular weight is 870 g/mol. The molecule has 0 aliphatic heterocycles. The van der Waals surface area contributed by atoms with E-state index in [9.17, 15) is 0 Å². The topological polar surface area (TPSA) is 16.4 Å². The Morgan fingerprint density at radius 3 is 1.58 bits per heavy atom. The van der Waals surface area contributed by atoms with E-state index in [-0.39, 0.29) is 0 Å². The summed E-state index contributed by atoms with van der Waals surface area (Å²) in [4.78, 5) is 2.36. The molecule has 0 saturated carbocycles. The van der Waals surface area contributed by atoms with Gasteiger partial charge < -0.3 is 9.32 Å². The second-order valence-electron chi connectivity index (χ2n) is 17.5. The van der Waals surface area contributed by atoms with Gasteiger partial charge >= 0.3 is 0 Å². The molecule has 14 aromatic rings. The van der Waals surface area contributed by atoms with Crippen LogP contribution in [0.2, 0.25) is 0 Å². The normalized spacial score (nSPS) is 11.9. The number of fused-ring (bicyclic) bond motifs is 13. The van der Waals surface area contributed by atoms with Gasteiger partial charge in [-0.25, -0.2) is 0 Å². The first-order valence-corrected chi connectivity index (χ1v) is 23.7. The summed E-state index contributed by atoms with van der Waals surface area (Å²) in [6, 6.07) is 86.2. The van der Waals surface area contributed by atoms with Gasteiger partial charge in [-0.1, -0.05) is 188 Å². The summed E-state index contributed by atoms with van der Waals surface area (Å²) in [7, 11) is 0. The molecule has 3 heteroatoms. The van der Waals surface area contributed by atoms with E-state index in [4.69, 9.17) is 4.42 Å². The van der Waals surface area contributed by atoms with Crippen molar-refractivity contribution in [2.45, 2.75) is 0 Å². The van der Waals surface area contributed by atoms with E-state index in [1.807, 2.05) is 11.3 Å². The Labute approximate surface area is 390 Å². The second-order valence-corrected chi connectivity index (χ2v) is 18.6. The molecule has 0 spiro atoms. The van der Waals surface area contributed by atoms with Crippen molar-refractivity contribution in [3.8, 4) is 33.4 Å². The van der Waals surface area contributed by atoms with E-state index in [2.05, 4.69) is 241 Å². The molecule has 2 nitrogen and oxygen atoms in total. The van der Waals surface area contributed by atoms with Gasteiger partial charge in [-0.2, -0.15) is 0 Å². The Kier molecular flexibility index (Phi) is 8.49. The summed E-state index contributed by atoms with van der Waals surface area (Å²) < 4.78 is 10.0. The second kappa shape index (κ2) is 15.0. The number of benzene rings is 12. The van der Waals surface area contributed by atoms with Gasteiger partial charge in [-0.3, -0.25) is 0 Å². The number of rotatable bonds is 6. The van der Waals surface area contributed by atoms with Crippen molar-refractivity contribution in [3.05, 3.63) is 237 Å². The number of para-hydroxylation sites is 1. The molecule has 0 bridgehead atoms. The van der Waals surface area contributed by atoms with Crippen molar-refractivity contribution in [2.75, 3.05) is 4.90 Å². The molecule has 2 aromatic heterocycles. The lowest BCUT2D eigenvalue weighted by atomic mass is 9.90. The molecule has 312 valence electrons. The molecule has 0 radical (unpaired) electrons. The molecule has 0 fully saturated rings. The molecule has 0 N–H and O–H groups in total. The maximum Gasteiger partial charge on any atom is 0.159 e. The maximum absolute atomic E-state index is 7.39. The van der Waals surface area contributed by atoms with Crippen LogP contribution in [0.5, 0.6) is 0 Å². The highest BCUT2D eigenvalue weighted by molar-refractivity contribution is 7.26. The third-order valence-corrected chi connectivity index (χ3v) is 15.1. The number of thiophene rings is 1. The highest BCUT2D eigenvalue weighted by atomic mass is 32.1. The number of nitrogens with zero attached hydrogens (tertiary/aromatic N) is 1. The van der Waals surface area contributed by atoms with Crippen LogP contribution in [0.4, 0.5) is 17.1 Å². The zero-order valence-corrected chi connectivity index (χ0v) is 37.1. The molecule has 12 aromatic carbocycles. The Bertz CT molecular complexity index is 4220. The monoisotopic (exact) mass is 869 g/mol. The average Bonchev–Trinajstić information content (AvgIpc) is 3.98. The Morgan fingerprint density at radius 1 is 0.313 bits per heavy atom. The zero-order chi connectivity index (χ0) is 44.0. The van der Waals surface area contributed by atoms with Gasteiger partial charge in [0.2, 0.25) is 0 Å². The van der Waals surface area contributed by atoms with Crippen LogP contribution in [0.3, 0.4) is 0 Å². The van der Waals surface area contributed by atoms with E-state index in [0.717, 1.165) is 55.5 Å². The van der Waals surface area contributed by atoms with Gasteiger partial charge in [0.25, 0.3) is 0 Å². The SMILES string of the molecule is c1ccc(-c2ccc(N(c3ccc(-c4cccc5c4sc4ccccc45)cc3)c3cccc4c3oc3c(-c5ccc6c7ccccc7c7ccccc7c6c5)c5ccccc5cc34)cc2)cc1. The van der Waals surface area contributed by atoms with Crippen LogP contribution in [-0.4, -0.2) is 0 Å². The van der Waals surface area contributed by atoms with Crippen LogP contribution in [0.25, 0.3) is 119 Å². The van der Waals surface area contributed by atoms with Crippen LogP contribution < -0.4 is 4.90 Å². The predicted octanol–water partition coefficient (Wildman–Crippen LogP) is 19.0. The molecule has 0 atom stereocenters. The minimum absolute atomic E-state index is 0.845. The fourth-order valence-corrected chi connectivity index (χ4v) is 12.0. The van der Waals surface area contributed by atoms with E-state index < -0.39 is 0 Å². The summed E-state index contributed by atoms with van der Waals surface area (Å²) in [5.41, 5.74) is 11.8. The minimum Gasteiger partial charge on any atom is -0.453 e. The van der Waals surface area contributed by atoms with Crippen LogP contribution in [0, 0.1) is 0 Å². The molecule has 0 amide bonds. The van der Waals surface area contributed by atoms with E-state index in [1.54, 1.807) is 0 Å².